The minimum atomic E-state index is -0.659. The number of nitrogens with zero attached hydrogens (tertiary/aromatic N) is 2. The third-order valence-corrected chi connectivity index (χ3v) is 3.78. The molecule has 0 aliphatic carbocycles. The molecule has 2 aromatic rings. The van der Waals surface area contributed by atoms with Gasteiger partial charge in [0.15, 0.2) is 11.4 Å². The van der Waals surface area contributed by atoms with Gasteiger partial charge in [-0.15, -0.1) is 0 Å². The molecule has 126 valence electrons. The van der Waals surface area contributed by atoms with E-state index >= 15 is 0 Å². The van der Waals surface area contributed by atoms with E-state index in [2.05, 4.69) is 4.99 Å². The average Bonchev–Trinajstić information content (AvgIpc) is 2.97. The summed E-state index contributed by atoms with van der Waals surface area (Å²) in [4.78, 5) is 26.6. The molecule has 0 aromatic heterocycles. The molecule has 2 aromatic carbocycles. The van der Waals surface area contributed by atoms with Gasteiger partial charge in [-0.25, -0.2) is 9.79 Å². The van der Waals surface area contributed by atoms with Crippen LogP contribution in [0.2, 0.25) is 5.02 Å². The SMILES string of the molecule is COc1ccc(C2=N/C(=C\c3ccccc3Cl)C(=O)O2)cc1[N+](=O)[O-]. The van der Waals surface area contributed by atoms with Gasteiger partial charge in [-0.3, -0.25) is 10.1 Å². The number of ether oxygens (including phenoxy) is 2. The van der Waals surface area contributed by atoms with Gasteiger partial charge in [-0.2, -0.15) is 0 Å². The van der Waals surface area contributed by atoms with Gasteiger partial charge in [0.25, 0.3) is 0 Å². The molecule has 1 aliphatic rings. The Morgan fingerprint density at radius 1 is 1.28 bits per heavy atom. The van der Waals surface area contributed by atoms with Crippen molar-refractivity contribution in [2.75, 3.05) is 7.11 Å². The summed E-state index contributed by atoms with van der Waals surface area (Å²) in [6.07, 6.45) is 1.50. The van der Waals surface area contributed by atoms with Crippen molar-refractivity contribution in [2.24, 2.45) is 4.99 Å². The summed E-state index contributed by atoms with van der Waals surface area (Å²) in [5, 5.41) is 11.6. The van der Waals surface area contributed by atoms with Crippen LogP contribution in [0.1, 0.15) is 11.1 Å². The number of aliphatic imine (C=N–C) groups is 1. The fourth-order valence-corrected chi connectivity index (χ4v) is 2.43. The number of hydrogen-bond acceptors (Lipinski definition) is 6. The Morgan fingerprint density at radius 3 is 2.72 bits per heavy atom. The molecular formula is C17H11ClN2O5. The molecule has 0 N–H and O–H groups in total. The van der Waals surface area contributed by atoms with Crippen LogP contribution in [0.3, 0.4) is 0 Å². The number of carbonyl (C=O) groups is 1. The lowest BCUT2D eigenvalue weighted by Crippen LogP contribution is -2.06. The van der Waals surface area contributed by atoms with Crippen molar-refractivity contribution in [3.8, 4) is 5.75 Å². The predicted molar refractivity (Wildman–Crippen MR) is 91.7 cm³/mol. The Hall–Kier alpha value is -3.19. The first-order chi connectivity index (χ1) is 12.0. The van der Waals surface area contributed by atoms with Crippen LogP contribution in [0.25, 0.3) is 6.08 Å². The molecule has 25 heavy (non-hydrogen) atoms. The van der Waals surface area contributed by atoms with Gasteiger partial charge in [-0.1, -0.05) is 29.8 Å². The largest absolute Gasteiger partial charge is 0.490 e. The van der Waals surface area contributed by atoms with Crippen LogP contribution >= 0.6 is 11.6 Å². The molecule has 0 amide bonds. The maximum atomic E-state index is 12.0. The van der Waals surface area contributed by atoms with Gasteiger partial charge in [0.05, 0.1) is 12.0 Å². The van der Waals surface area contributed by atoms with Crippen LogP contribution in [0.5, 0.6) is 5.75 Å². The van der Waals surface area contributed by atoms with E-state index in [1.54, 1.807) is 24.3 Å². The standard InChI is InChI=1S/C17H11ClN2O5/c1-24-15-7-6-11(9-14(15)20(22)23)16-19-13(17(21)25-16)8-10-4-2-3-5-12(10)18/h2-9H,1H3/b13-8-. The molecule has 0 saturated heterocycles. The molecular weight excluding hydrogens is 348 g/mol. The van der Waals surface area contributed by atoms with Crippen molar-refractivity contribution in [3.63, 3.8) is 0 Å². The molecule has 0 saturated carbocycles. The van der Waals surface area contributed by atoms with E-state index in [9.17, 15) is 14.9 Å². The Labute approximate surface area is 147 Å². The molecule has 1 heterocycles. The summed E-state index contributed by atoms with van der Waals surface area (Å²) in [5.41, 5.74) is 0.717. The highest BCUT2D eigenvalue weighted by Gasteiger charge is 2.26. The van der Waals surface area contributed by atoms with Gasteiger partial charge >= 0.3 is 11.7 Å². The van der Waals surface area contributed by atoms with E-state index in [0.29, 0.717) is 16.1 Å². The number of carbonyl (C=O) groups excluding carboxylic acids is 1. The highest BCUT2D eigenvalue weighted by Crippen LogP contribution is 2.29. The number of nitro groups is 1. The van der Waals surface area contributed by atoms with Crippen LogP contribution < -0.4 is 4.74 Å². The summed E-state index contributed by atoms with van der Waals surface area (Å²) >= 11 is 6.06. The van der Waals surface area contributed by atoms with E-state index in [1.165, 1.54) is 31.4 Å². The van der Waals surface area contributed by atoms with E-state index < -0.39 is 10.9 Å². The average molecular weight is 359 g/mol. The monoisotopic (exact) mass is 358 g/mol. The third-order valence-electron chi connectivity index (χ3n) is 3.44. The van der Waals surface area contributed by atoms with Crippen LogP contribution in [0.4, 0.5) is 5.69 Å². The van der Waals surface area contributed by atoms with E-state index in [0.717, 1.165) is 0 Å². The number of hydrogen-bond donors (Lipinski definition) is 0. The lowest BCUT2D eigenvalue weighted by atomic mass is 10.2. The number of rotatable bonds is 4. The summed E-state index contributed by atoms with van der Waals surface area (Å²) in [6.45, 7) is 0. The molecule has 0 bridgehead atoms. The predicted octanol–water partition coefficient (Wildman–Crippen LogP) is 3.60. The van der Waals surface area contributed by atoms with Gasteiger partial charge in [0.2, 0.25) is 5.90 Å². The van der Waals surface area contributed by atoms with Crippen molar-refractivity contribution < 1.29 is 19.2 Å². The highest BCUT2D eigenvalue weighted by molar-refractivity contribution is 6.32. The first-order valence-corrected chi connectivity index (χ1v) is 7.47. The molecule has 7 nitrogen and oxygen atoms in total. The summed E-state index contributed by atoms with van der Waals surface area (Å²) < 4.78 is 10.1. The zero-order valence-corrected chi connectivity index (χ0v) is 13.7. The second-order valence-electron chi connectivity index (χ2n) is 5.00. The molecule has 8 heteroatoms. The van der Waals surface area contributed by atoms with Crippen LogP contribution in [0.15, 0.2) is 53.2 Å². The Bertz CT molecular complexity index is 936. The number of benzene rings is 2. The van der Waals surface area contributed by atoms with Crippen molar-refractivity contribution >= 4 is 35.2 Å². The lowest BCUT2D eigenvalue weighted by Gasteiger charge is -2.03. The van der Waals surface area contributed by atoms with Gasteiger partial charge in [0, 0.05) is 16.7 Å². The Balaban J connectivity index is 1.99. The molecule has 0 radical (unpaired) electrons. The normalized spacial score (nSPS) is 15.0. The number of nitro benzene ring substituents is 1. The zero-order valence-electron chi connectivity index (χ0n) is 12.9. The maximum absolute atomic E-state index is 12.0. The van der Waals surface area contributed by atoms with Gasteiger partial charge < -0.3 is 9.47 Å². The van der Waals surface area contributed by atoms with Crippen molar-refractivity contribution in [1.82, 2.24) is 0 Å². The summed E-state index contributed by atoms with van der Waals surface area (Å²) in [7, 11) is 1.33. The fraction of sp³-hybridized carbons (Fsp3) is 0.0588. The summed E-state index contributed by atoms with van der Waals surface area (Å²) in [5.74, 6) is -0.576. The van der Waals surface area contributed by atoms with Gasteiger partial charge in [-0.05, 0) is 29.8 Å². The second-order valence-corrected chi connectivity index (χ2v) is 5.41. The first-order valence-electron chi connectivity index (χ1n) is 7.09. The lowest BCUT2D eigenvalue weighted by molar-refractivity contribution is -0.385. The van der Waals surface area contributed by atoms with Crippen LogP contribution in [0, 0.1) is 10.1 Å². The Kier molecular flexibility index (Phi) is 4.49. The maximum Gasteiger partial charge on any atom is 0.363 e. The Morgan fingerprint density at radius 2 is 2.04 bits per heavy atom. The third kappa shape index (κ3) is 3.36. The van der Waals surface area contributed by atoms with Crippen molar-refractivity contribution in [1.29, 1.82) is 0 Å². The second kappa shape index (κ2) is 6.74. The summed E-state index contributed by atoms with van der Waals surface area (Å²) in [6, 6.07) is 11.1. The van der Waals surface area contributed by atoms with Crippen molar-refractivity contribution in [3.05, 3.63) is 74.4 Å². The number of esters is 1. The van der Waals surface area contributed by atoms with E-state index in [-0.39, 0.29) is 23.0 Å². The quantitative estimate of drug-likeness (QED) is 0.360. The zero-order chi connectivity index (χ0) is 18.0. The first kappa shape index (κ1) is 16.7. The van der Waals surface area contributed by atoms with E-state index in [4.69, 9.17) is 21.1 Å². The van der Waals surface area contributed by atoms with Crippen molar-refractivity contribution in [2.45, 2.75) is 0 Å². The molecule has 0 spiro atoms. The topological polar surface area (TPSA) is 91.0 Å². The van der Waals surface area contributed by atoms with Crippen LogP contribution in [-0.4, -0.2) is 23.9 Å². The molecule has 0 atom stereocenters. The molecule has 1 aliphatic heterocycles. The van der Waals surface area contributed by atoms with Gasteiger partial charge in [0.1, 0.15) is 0 Å². The number of halogens is 1. The minimum Gasteiger partial charge on any atom is -0.490 e. The van der Waals surface area contributed by atoms with E-state index in [1.807, 2.05) is 0 Å². The molecule has 0 unspecified atom stereocenters. The fourth-order valence-electron chi connectivity index (χ4n) is 2.24. The molecule has 0 fully saturated rings. The van der Waals surface area contributed by atoms with Crippen LogP contribution in [-0.2, 0) is 9.53 Å². The molecule has 3 rings (SSSR count). The number of methoxy groups -OCH3 is 1. The smallest absolute Gasteiger partial charge is 0.363 e. The number of cyclic esters (lactones) is 1. The highest BCUT2D eigenvalue weighted by atomic mass is 35.5. The minimum absolute atomic E-state index is 0.0194.